The largest absolute Gasteiger partial charge is 0.384 e. The second kappa shape index (κ2) is 4.39. The second-order valence-corrected chi connectivity index (χ2v) is 4.87. The molecule has 0 aliphatic heterocycles. The van der Waals surface area contributed by atoms with Crippen LogP contribution in [-0.4, -0.2) is 10.9 Å². The molecule has 3 rings (SSSR count). The highest BCUT2D eigenvalue weighted by Crippen LogP contribution is 2.45. The predicted molar refractivity (Wildman–Crippen MR) is 73.5 cm³/mol. The number of anilines is 1. The highest BCUT2D eigenvalue weighted by molar-refractivity contribution is 5.94. The van der Waals surface area contributed by atoms with Crippen LogP contribution in [-0.2, 0) is 5.54 Å². The molecule has 1 aliphatic carbocycles. The lowest BCUT2D eigenvalue weighted by Gasteiger charge is -2.17. The third-order valence-electron chi connectivity index (χ3n) is 3.48. The van der Waals surface area contributed by atoms with Gasteiger partial charge in [-0.15, -0.1) is 0 Å². The third-order valence-corrected chi connectivity index (χ3v) is 3.48. The Balaban J connectivity index is 1.78. The number of nitrogens with one attached hydrogen (secondary N) is 1. The number of hydrogen-bond donors (Lipinski definition) is 2. The molecule has 1 aromatic heterocycles. The first-order chi connectivity index (χ1) is 9.20. The Morgan fingerprint density at radius 3 is 2.47 bits per heavy atom. The number of aromatic nitrogens is 1. The standard InChI is InChI=1S/C15H15N3O/c16-13-7-6-11(10-17-13)14(19)18-15(8-9-15)12-4-2-1-3-5-12/h1-7,10H,8-9H2,(H2,16,17)(H,18,19). The van der Waals surface area contributed by atoms with E-state index in [9.17, 15) is 4.79 Å². The topological polar surface area (TPSA) is 68.0 Å². The molecule has 96 valence electrons. The highest BCUT2D eigenvalue weighted by atomic mass is 16.1. The zero-order valence-electron chi connectivity index (χ0n) is 10.5. The molecule has 1 amide bonds. The number of nitrogens with two attached hydrogens (primary N) is 1. The normalized spacial score (nSPS) is 15.8. The van der Waals surface area contributed by atoms with Crippen molar-refractivity contribution in [2.75, 3.05) is 5.73 Å². The molecule has 19 heavy (non-hydrogen) atoms. The van der Waals surface area contributed by atoms with Crippen molar-refractivity contribution in [2.45, 2.75) is 18.4 Å². The van der Waals surface area contributed by atoms with Crippen molar-refractivity contribution in [1.82, 2.24) is 10.3 Å². The number of benzene rings is 1. The lowest BCUT2D eigenvalue weighted by atomic mass is 10.0. The molecular weight excluding hydrogens is 238 g/mol. The monoisotopic (exact) mass is 253 g/mol. The number of pyridine rings is 1. The van der Waals surface area contributed by atoms with Crippen LogP contribution in [0.2, 0.25) is 0 Å². The number of carbonyl (C=O) groups excluding carboxylic acids is 1. The maximum Gasteiger partial charge on any atom is 0.253 e. The van der Waals surface area contributed by atoms with E-state index in [4.69, 9.17) is 5.73 Å². The minimum absolute atomic E-state index is 0.103. The second-order valence-electron chi connectivity index (χ2n) is 4.87. The first-order valence-electron chi connectivity index (χ1n) is 6.29. The van der Waals surface area contributed by atoms with E-state index in [2.05, 4.69) is 22.4 Å². The van der Waals surface area contributed by atoms with Crippen LogP contribution in [0.1, 0.15) is 28.8 Å². The molecule has 1 aromatic carbocycles. The lowest BCUT2D eigenvalue weighted by Crippen LogP contribution is -2.34. The summed E-state index contributed by atoms with van der Waals surface area (Å²) in [6, 6.07) is 13.4. The fraction of sp³-hybridized carbons (Fsp3) is 0.200. The van der Waals surface area contributed by atoms with Gasteiger partial charge in [0.2, 0.25) is 0 Å². The Morgan fingerprint density at radius 2 is 1.89 bits per heavy atom. The van der Waals surface area contributed by atoms with Crippen LogP contribution in [0.25, 0.3) is 0 Å². The summed E-state index contributed by atoms with van der Waals surface area (Å²) >= 11 is 0. The molecule has 1 aliphatic rings. The molecule has 0 atom stereocenters. The molecule has 0 bridgehead atoms. The highest BCUT2D eigenvalue weighted by Gasteiger charge is 2.45. The molecule has 0 saturated heterocycles. The minimum Gasteiger partial charge on any atom is -0.384 e. The lowest BCUT2D eigenvalue weighted by molar-refractivity contribution is 0.0930. The van der Waals surface area contributed by atoms with Crippen molar-refractivity contribution in [2.24, 2.45) is 0 Å². The minimum atomic E-state index is -0.195. The average Bonchev–Trinajstić information content (AvgIpc) is 3.21. The Bertz CT molecular complexity index is 589. The van der Waals surface area contributed by atoms with Gasteiger partial charge in [0.1, 0.15) is 5.82 Å². The van der Waals surface area contributed by atoms with E-state index < -0.39 is 0 Å². The van der Waals surface area contributed by atoms with E-state index in [0.717, 1.165) is 18.4 Å². The molecular formula is C15H15N3O. The number of nitrogen functional groups attached to an aromatic ring is 1. The molecule has 0 radical (unpaired) electrons. The number of amides is 1. The summed E-state index contributed by atoms with van der Waals surface area (Å²) in [5.41, 5.74) is 7.02. The zero-order valence-corrected chi connectivity index (χ0v) is 10.5. The van der Waals surface area contributed by atoms with Crippen molar-refractivity contribution in [3.05, 3.63) is 59.8 Å². The Morgan fingerprint density at radius 1 is 1.16 bits per heavy atom. The summed E-state index contributed by atoms with van der Waals surface area (Å²) in [7, 11) is 0. The van der Waals surface area contributed by atoms with E-state index >= 15 is 0 Å². The van der Waals surface area contributed by atoms with Gasteiger partial charge in [-0.25, -0.2) is 4.98 Å². The smallest absolute Gasteiger partial charge is 0.253 e. The van der Waals surface area contributed by atoms with Crippen molar-refractivity contribution in [3.8, 4) is 0 Å². The van der Waals surface area contributed by atoms with Gasteiger partial charge in [0, 0.05) is 6.20 Å². The van der Waals surface area contributed by atoms with E-state index in [-0.39, 0.29) is 11.4 Å². The van der Waals surface area contributed by atoms with Gasteiger partial charge in [-0.2, -0.15) is 0 Å². The Hall–Kier alpha value is -2.36. The van der Waals surface area contributed by atoms with E-state index in [1.165, 1.54) is 6.20 Å². The molecule has 1 fully saturated rings. The quantitative estimate of drug-likeness (QED) is 0.880. The fourth-order valence-electron chi connectivity index (χ4n) is 2.20. The van der Waals surface area contributed by atoms with Gasteiger partial charge in [-0.1, -0.05) is 30.3 Å². The summed E-state index contributed by atoms with van der Waals surface area (Å²) in [4.78, 5) is 16.1. The van der Waals surface area contributed by atoms with Crippen molar-refractivity contribution in [3.63, 3.8) is 0 Å². The van der Waals surface area contributed by atoms with Gasteiger partial charge in [-0.05, 0) is 30.5 Å². The first kappa shape index (κ1) is 11.7. The summed E-state index contributed by atoms with van der Waals surface area (Å²) in [5.74, 6) is 0.314. The molecule has 1 saturated carbocycles. The summed E-state index contributed by atoms with van der Waals surface area (Å²) in [6.45, 7) is 0. The SMILES string of the molecule is Nc1ccc(C(=O)NC2(c3ccccc3)CC2)cn1. The summed E-state index contributed by atoms with van der Waals surface area (Å²) in [6.07, 6.45) is 3.46. The van der Waals surface area contributed by atoms with Gasteiger partial charge in [0.25, 0.3) is 5.91 Å². The maximum atomic E-state index is 12.2. The van der Waals surface area contributed by atoms with Crippen LogP contribution in [0.5, 0.6) is 0 Å². The van der Waals surface area contributed by atoms with Gasteiger partial charge < -0.3 is 11.1 Å². The van der Waals surface area contributed by atoms with Crippen LogP contribution < -0.4 is 11.1 Å². The zero-order chi connectivity index (χ0) is 13.3. The van der Waals surface area contributed by atoms with Crippen LogP contribution in [0, 0.1) is 0 Å². The molecule has 3 N–H and O–H groups in total. The molecule has 4 nitrogen and oxygen atoms in total. The van der Waals surface area contributed by atoms with Gasteiger partial charge in [-0.3, -0.25) is 4.79 Å². The molecule has 1 heterocycles. The van der Waals surface area contributed by atoms with Crippen LogP contribution in [0.3, 0.4) is 0 Å². The molecule has 2 aromatic rings. The van der Waals surface area contributed by atoms with Crippen LogP contribution in [0.4, 0.5) is 5.82 Å². The number of rotatable bonds is 3. The molecule has 0 unspecified atom stereocenters. The Kier molecular flexibility index (Phi) is 2.71. The van der Waals surface area contributed by atoms with Gasteiger partial charge >= 0.3 is 0 Å². The van der Waals surface area contributed by atoms with Crippen molar-refractivity contribution >= 4 is 11.7 Å². The third kappa shape index (κ3) is 2.29. The van der Waals surface area contributed by atoms with E-state index in [0.29, 0.717) is 11.4 Å². The van der Waals surface area contributed by atoms with E-state index in [1.54, 1.807) is 12.1 Å². The first-order valence-corrected chi connectivity index (χ1v) is 6.29. The maximum absolute atomic E-state index is 12.2. The van der Waals surface area contributed by atoms with Crippen LogP contribution in [0.15, 0.2) is 48.7 Å². The fourth-order valence-corrected chi connectivity index (χ4v) is 2.20. The van der Waals surface area contributed by atoms with Gasteiger partial charge in [0.15, 0.2) is 0 Å². The predicted octanol–water partition coefficient (Wildman–Crippen LogP) is 2.08. The molecule has 4 heteroatoms. The van der Waals surface area contributed by atoms with Gasteiger partial charge in [0.05, 0.1) is 11.1 Å². The van der Waals surface area contributed by atoms with Crippen LogP contribution >= 0.6 is 0 Å². The summed E-state index contributed by atoms with van der Waals surface area (Å²) < 4.78 is 0. The average molecular weight is 253 g/mol. The number of hydrogen-bond acceptors (Lipinski definition) is 3. The number of nitrogens with zero attached hydrogens (tertiary/aromatic N) is 1. The van der Waals surface area contributed by atoms with Crippen molar-refractivity contribution < 1.29 is 4.79 Å². The summed E-state index contributed by atoms with van der Waals surface area (Å²) in [5, 5.41) is 3.10. The molecule has 0 spiro atoms. The van der Waals surface area contributed by atoms with E-state index in [1.807, 2.05) is 18.2 Å². The number of carbonyl (C=O) groups is 1. The van der Waals surface area contributed by atoms with Crippen molar-refractivity contribution in [1.29, 1.82) is 0 Å². The Labute approximate surface area is 111 Å².